The van der Waals surface area contributed by atoms with Crippen LogP contribution in [-0.4, -0.2) is 0 Å². The lowest BCUT2D eigenvalue weighted by molar-refractivity contribution is 0.534. The van der Waals surface area contributed by atoms with Gasteiger partial charge in [0.1, 0.15) is 0 Å². The average molecular weight is 195 g/mol. The molecule has 0 aromatic heterocycles. The Morgan fingerprint density at radius 1 is 1.29 bits per heavy atom. The van der Waals surface area contributed by atoms with E-state index in [2.05, 4.69) is 39.5 Å². The van der Waals surface area contributed by atoms with E-state index in [9.17, 15) is 0 Å². The number of hydrogen-bond acceptors (Lipinski definition) is 1. The lowest BCUT2D eigenvalue weighted by Crippen LogP contribution is -1.99. The van der Waals surface area contributed by atoms with E-state index < -0.39 is 0 Å². The Hall–Kier alpha value is -0.820. The van der Waals surface area contributed by atoms with Gasteiger partial charge in [0.15, 0.2) is 0 Å². The van der Waals surface area contributed by atoms with Gasteiger partial charge in [0.05, 0.1) is 0 Å². The van der Waals surface area contributed by atoms with Crippen molar-refractivity contribution in [1.29, 1.82) is 0 Å². The first-order valence-electron chi connectivity index (χ1n) is 5.22. The molecule has 0 aliphatic carbocycles. The molecule has 0 saturated carbocycles. The SMILES string of the molecule is C=C/C=C\C=C(/C)C(CC)CCC.N. The molecule has 0 radical (unpaired) electrons. The fourth-order valence-corrected chi connectivity index (χ4v) is 1.52. The second-order valence-electron chi connectivity index (χ2n) is 3.43. The van der Waals surface area contributed by atoms with E-state index in [1.54, 1.807) is 0 Å². The van der Waals surface area contributed by atoms with E-state index in [-0.39, 0.29) is 6.15 Å². The van der Waals surface area contributed by atoms with Gasteiger partial charge in [-0.3, -0.25) is 0 Å². The summed E-state index contributed by atoms with van der Waals surface area (Å²) in [6.07, 6.45) is 11.9. The van der Waals surface area contributed by atoms with Gasteiger partial charge in [-0.1, -0.05) is 56.7 Å². The second kappa shape index (κ2) is 10.3. The molecule has 0 spiro atoms. The molecule has 1 unspecified atom stereocenters. The first kappa shape index (κ1) is 15.6. The lowest BCUT2D eigenvalue weighted by Gasteiger charge is -2.13. The van der Waals surface area contributed by atoms with E-state index in [1.165, 1.54) is 24.8 Å². The number of allylic oxidation sites excluding steroid dienone is 5. The largest absolute Gasteiger partial charge is 0.344 e. The Morgan fingerprint density at radius 2 is 1.93 bits per heavy atom. The highest BCUT2D eigenvalue weighted by atomic mass is 14.1. The lowest BCUT2D eigenvalue weighted by atomic mass is 9.93. The molecule has 1 heteroatoms. The molecule has 0 aliphatic heterocycles. The summed E-state index contributed by atoms with van der Waals surface area (Å²) in [6.45, 7) is 10.4. The van der Waals surface area contributed by atoms with Crippen molar-refractivity contribution in [2.45, 2.75) is 40.0 Å². The number of hydrogen-bond donors (Lipinski definition) is 1. The first-order valence-corrected chi connectivity index (χ1v) is 5.22. The molecule has 0 fully saturated rings. The van der Waals surface area contributed by atoms with Crippen LogP contribution in [0.3, 0.4) is 0 Å². The van der Waals surface area contributed by atoms with Gasteiger partial charge in [-0.2, -0.15) is 0 Å². The summed E-state index contributed by atoms with van der Waals surface area (Å²) in [5, 5.41) is 0. The van der Waals surface area contributed by atoms with Crippen molar-refractivity contribution in [3.8, 4) is 0 Å². The highest BCUT2D eigenvalue weighted by Crippen LogP contribution is 2.20. The number of rotatable bonds is 6. The third-order valence-electron chi connectivity index (χ3n) is 2.38. The van der Waals surface area contributed by atoms with Crippen LogP contribution in [-0.2, 0) is 0 Å². The molecule has 82 valence electrons. The molecule has 0 aromatic carbocycles. The van der Waals surface area contributed by atoms with E-state index >= 15 is 0 Å². The monoisotopic (exact) mass is 195 g/mol. The van der Waals surface area contributed by atoms with Crippen molar-refractivity contribution in [1.82, 2.24) is 6.15 Å². The highest BCUT2D eigenvalue weighted by molar-refractivity contribution is 5.16. The summed E-state index contributed by atoms with van der Waals surface area (Å²) in [5.74, 6) is 0.763. The van der Waals surface area contributed by atoms with Gasteiger partial charge in [0.25, 0.3) is 0 Å². The van der Waals surface area contributed by atoms with Crippen LogP contribution >= 0.6 is 0 Å². The van der Waals surface area contributed by atoms with Gasteiger partial charge in [0.2, 0.25) is 0 Å². The molecule has 14 heavy (non-hydrogen) atoms. The van der Waals surface area contributed by atoms with Crippen molar-refractivity contribution < 1.29 is 0 Å². The molecule has 3 N–H and O–H groups in total. The summed E-state index contributed by atoms with van der Waals surface area (Å²) in [4.78, 5) is 0. The van der Waals surface area contributed by atoms with Gasteiger partial charge >= 0.3 is 0 Å². The molecule has 0 amide bonds. The van der Waals surface area contributed by atoms with E-state index in [4.69, 9.17) is 0 Å². The fourth-order valence-electron chi connectivity index (χ4n) is 1.52. The smallest absolute Gasteiger partial charge is 0.0206 e. The molecule has 1 nitrogen and oxygen atoms in total. The summed E-state index contributed by atoms with van der Waals surface area (Å²) >= 11 is 0. The zero-order chi connectivity index (χ0) is 10.1. The molecular weight excluding hydrogens is 170 g/mol. The normalized spacial score (nSPS) is 13.8. The topological polar surface area (TPSA) is 35.0 Å². The Morgan fingerprint density at radius 3 is 2.36 bits per heavy atom. The maximum atomic E-state index is 3.64. The van der Waals surface area contributed by atoms with Gasteiger partial charge in [-0.15, -0.1) is 0 Å². The van der Waals surface area contributed by atoms with Crippen LogP contribution in [0, 0.1) is 5.92 Å². The minimum absolute atomic E-state index is 0. The molecule has 1 atom stereocenters. The van der Waals surface area contributed by atoms with Crippen molar-refractivity contribution >= 4 is 0 Å². The van der Waals surface area contributed by atoms with Crippen LogP contribution in [0.2, 0.25) is 0 Å². The van der Waals surface area contributed by atoms with Crippen LogP contribution < -0.4 is 6.15 Å². The van der Waals surface area contributed by atoms with Crippen LogP contribution in [0.5, 0.6) is 0 Å². The molecule has 0 aliphatic rings. The van der Waals surface area contributed by atoms with Gasteiger partial charge in [0, 0.05) is 0 Å². The molecule has 0 rings (SSSR count). The van der Waals surface area contributed by atoms with Crippen LogP contribution in [0.4, 0.5) is 0 Å². The van der Waals surface area contributed by atoms with Crippen molar-refractivity contribution in [3.63, 3.8) is 0 Å². The highest BCUT2D eigenvalue weighted by Gasteiger charge is 2.05. The Labute approximate surface area is 89.2 Å². The fraction of sp³-hybridized carbons (Fsp3) is 0.538. The zero-order valence-corrected chi connectivity index (χ0v) is 9.92. The summed E-state index contributed by atoms with van der Waals surface area (Å²) in [7, 11) is 0. The maximum Gasteiger partial charge on any atom is -0.0206 e. The quantitative estimate of drug-likeness (QED) is 0.614. The predicted octanol–water partition coefficient (Wildman–Crippen LogP) is 4.66. The van der Waals surface area contributed by atoms with Crippen molar-refractivity contribution in [3.05, 3.63) is 36.5 Å². The Bertz CT molecular complexity index is 189. The second-order valence-corrected chi connectivity index (χ2v) is 3.43. The maximum absolute atomic E-state index is 3.64. The zero-order valence-electron chi connectivity index (χ0n) is 9.92. The minimum atomic E-state index is 0. The van der Waals surface area contributed by atoms with Crippen molar-refractivity contribution in [2.75, 3.05) is 0 Å². The summed E-state index contributed by atoms with van der Waals surface area (Å²) < 4.78 is 0. The summed E-state index contributed by atoms with van der Waals surface area (Å²) in [6, 6.07) is 0. The van der Waals surface area contributed by atoms with Gasteiger partial charge < -0.3 is 6.15 Å². The average Bonchev–Trinajstić information content (AvgIpc) is 2.14. The molecule has 0 bridgehead atoms. The third-order valence-corrected chi connectivity index (χ3v) is 2.38. The van der Waals surface area contributed by atoms with E-state index in [0.29, 0.717) is 0 Å². The summed E-state index contributed by atoms with van der Waals surface area (Å²) in [5.41, 5.74) is 1.49. The minimum Gasteiger partial charge on any atom is -0.344 e. The standard InChI is InChI=1S/C13H22.H3N/c1-5-8-9-11-12(4)13(7-3)10-6-2;/h5,8-9,11,13H,1,6-7,10H2,2-4H3;1H3/b9-8-,12-11+;. The molecule has 0 aromatic rings. The van der Waals surface area contributed by atoms with E-state index in [0.717, 1.165) is 5.92 Å². The molecule has 0 heterocycles. The van der Waals surface area contributed by atoms with Gasteiger partial charge in [-0.25, -0.2) is 0 Å². The third kappa shape index (κ3) is 6.67. The van der Waals surface area contributed by atoms with E-state index in [1.807, 2.05) is 12.2 Å². The van der Waals surface area contributed by atoms with Crippen LogP contribution in [0.25, 0.3) is 0 Å². The van der Waals surface area contributed by atoms with Crippen LogP contribution in [0.1, 0.15) is 40.0 Å². The molecule has 0 saturated heterocycles. The van der Waals surface area contributed by atoms with Crippen LogP contribution in [0.15, 0.2) is 36.5 Å². The first-order chi connectivity index (χ1) is 6.26. The molecular formula is C13H25N. The Kier molecular flexibility index (Phi) is 11.5. The Balaban J connectivity index is 0. The van der Waals surface area contributed by atoms with Gasteiger partial charge in [-0.05, 0) is 25.7 Å². The predicted molar refractivity (Wildman–Crippen MR) is 66.8 cm³/mol. The van der Waals surface area contributed by atoms with Crippen molar-refractivity contribution in [2.24, 2.45) is 5.92 Å².